The fourth-order valence-corrected chi connectivity index (χ4v) is 2.57. The van der Waals surface area contributed by atoms with Crippen LogP contribution in [-0.4, -0.2) is 35.5 Å². The molecule has 1 heterocycles. The predicted octanol–water partition coefficient (Wildman–Crippen LogP) is 3.41. The number of nitrogens with one attached hydrogen (secondary N) is 1. The van der Waals surface area contributed by atoms with Crippen molar-refractivity contribution in [1.29, 1.82) is 0 Å². The van der Waals surface area contributed by atoms with Crippen molar-refractivity contribution in [3.05, 3.63) is 33.8 Å². The topological polar surface area (TPSA) is 93.0 Å². The van der Waals surface area contributed by atoms with Crippen LogP contribution in [0.1, 0.15) is 18.2 Å². The maximum Gasteiger partial charge on any atom is 0.341 e. The van der Waals surface area contributed by atoms with Gasteiger partial charge in [0.15, 0.2) is 18.1 Å². The van der Waals surface area contributed by atoms with E-state index in [2.05, 4.69) is 15.5 Å². The highest BCUT2D eigenvalue weighted by Crippen LogP contribution is 2.33. The molecule has 0 amide bonds. The van der Waals surface area contributed by atoms with Crippen LogP contribution in [0.4, 0.5) is 5.13 Å². The average molecular weight is 370 g/mol. The molecule has 7 nitrogen and oxygen atoms in total. The number of hydrazone groups is 1. The number of thiazole rings is 1. The third kappa shape index (κ3) is 5.10. The lowest BCUT2D eigenvalue weighted by molar-refractivity contribution is -0.139. The molecule has 24 heavy (non-hydrogen) atoms. The van der Waals surface area contributed by atoms with Crippen LogP contribution >= 0.6 is 22.9 Å². The Balaban J connectivity index is 2.16. The van der Waals surface area contributed by atoms with Crippen molar-refractivity contribution >= 4 is 40.3 Å². The molecule has 2 rings (SSSR count). The van der Waals surface area contributed by atoms with Crippen molar-refractivity contribution < 1.29 is 19.4 Å². The van der Waals surface area contributed by atoms with E-state index in [1.807, 2.05) is 19.2 Å². The highest BCUT2D eigenvalue weighted by molar-refractivity contribution is 7.13. The van der Waals surface area contributed by atoms with Crippen LogP contribution in [-0.2, 0) is 4.79 Å². The summed E-state index contributed by atoms with van der Waals surface area (Å²) >= 11 is 7.63. The summed E-state index contributed by atoms with van der Waals surface area (Å²) in [5.41, 5.74) is 4.33. The Labute approximate surface area is 147 Å². The van der Waals surface area contributed by atoms with Gasteiger partial charge in [-0.1, -0.05) is 11.6 Å². The number of carboxylic acids is 1. The van der Waals surface area contributed by atoms with Crippen molar-refractivity contribution in [3.63, 3.8) is 0 Å². The van der Waals surface area contributed by atoms with Gasteiger partial charge in [0.1, 0.15) is 0 Å². The highest BCUT2D eigenvalue weighted by Gasteiger charge is 2.11. The number of anilines is 1. The highest BCUT2D eigenvalue weighted by atomic mass is 35.5. The molecule has 0 saturated carbocycles. The molecule has 0 radical (unpaired) electrons. The molecule has 2 N–H and O–H groups in total. The summed E-state index contributed by atoms with van der Waals surface area (Å²) in [6.07, 6.45) is 1.53. The number of carbonyl (C=O) groups is 1. The monoisotopic (exact) mass is 369 g/mol. The molecule has 0 saturated heterocycles. The predicted molar refractivity (Wildman–Crippen MR) is 93.8 cm³/mol. The smallest absolute Gasteiger partial charge is 0.341 e. The molecule has 9 heteroatoms. The molecule has 0 aliphatic heterocycles. The lowest BCUT2D eigenvalue weighted by Gasteiger charge is -2.12. The Morgan fingerprint density at radius 2 is 2.21 bits per heavy atom. The van der Waals surface area contributed by atoms with Gasteiger partial charge in [-0.2, -0.15) is 5.10 Å². The molecular formula is C15H16ClN3O4S. The molecular weight excluding hydrogens is 354 g/mol. The molecule has 1 aromatic heterocycles. The lowest BCUT2D eigenvalue weighted by atomic mass is 10.2. The van der Waals surface area contributed by atoms with E-state index >= 15 is 0 Å². The number of hydrogen-bond acceptors (Lipinski definition) is 7. The zero-order valence-corrected chi connectivity index (χ0v) is 14.6. The second-order valence-corrected chi connectivity index (χ2v) is 5.87. The van der Waals surface area contributed by atoms with Crippen LogP contribution in [0, 0.1) is 6.92 Å². The van der Waals surface area contributed by atoms with E-state index in [0.717, 1.165) is 5.69 Å². The van der Waals surface area contributed by atoms with Crippen LogP contribution in [0.3, 0.4) is 0 Å². The molecule has 0 aliphatic carbocycles. The minimum absolute atomic E-state index is 0.268. The van der Waals surface area contributed by atoms with Crippen LogP contribution in [0.5, 0.6) is 11.5 Å². The fraction of sp³-hybridized carbons (Fsp3) is 0.267. The lowest BCUT2D eigenvalue weighted by Crippen LogP contribution is -2.10. The summed E-state index contributed by atoms with van der Waals surface area (Å²) in [5, 5.41) is 15.7. The molecule has 0 atom stereocenters. The number of nitrogens with zero attached hydrogens (tertiary/aromatic N) is 2. The van der Waals surface area contributed by atoms with Crippen molar-refractivity contribution in [2.24, 2.45) is 5.10 Å². The third-order valence-electron chi connectivity index (χ3n) is 2.70. The third-order valence-corrected chi connectivity index (χ3v) is 3.89. The molecule has 0 unspecified atom stereocenters. The minimum atomic E-state index is -1.08. The number of carboxylic acid groups (broad SMARTS) is 1. The van der Waals surface area contributed by atoms with Crippen molar-refractivity contribution in [3.8, 4) is 11.5 Å². The number of hydrogen-bond donors (Lipinski definition) is 2. The van der Waals surface area contributed by atoms with E-state index in [9.17, 15) is 4.79 Å². The van der Waals surface area contributed by atoms with Gasteiger partial charge in [-0.15, -0.1) is 11.3 Å². The van der Waals surface area contributed by atoms with Crippen molar-refractivity contribution in [1.82, 2.24) is 4.98 Å². The van der Waals surface area contributed by atoms with E-state index in [1.54, 1.807) is 6.07 Å². The van der Waals surface area contributed by atoms with Crippen LogP contribution in [0.15, 0.2) is 22.6 Å². The zero-order chi connectivity index (χ0) is 17.5. The first kappa shape index (κ1) is 18.0. The molecule has 0 fully saturated rings. The van der Waals surface area contributed by atoms with E-state index in [-0.39, 0.29) is 5.75 Å². The van der Waals surface area contributed by atoms with Gasteiger partial charge in [0.05, 0.1) is 23.5 Å². The molecule has 128 valence electrons. The van der Waals surface area contributed by atoms with Gasteiger partial charge in [0.2, 0.25) is 5.13 Å². The Kier molecular flexibility index (Phi) is 6.39. The zero-order valence-electron chi connectivity index (χ0n) is 13.1. The van der Waals surface area contributed by atoms with Gasteiger partial charge < -0.3 is 14.6 Å². The SMILES string of the molecule is CCOc1cc(C=NNc2nc(C)cs2)c(Cl)cc1OCC(=O)O. The van der Waals surface area contributed by atoms with E-state index in [0.29, 0.717) is 28.1 Å². The second-order valence-electron chi connectivity index (χ2n) is 4.60. The maximum absolute atomic E-state index is 10.6. The second kappa shape index (κ2) is 8.51. The van der Waals surface area contributed by atoms with Gasteiger partial charge in [-0.3, -0.25) is 5.43 Å². The normalized spacial score (nSPS) is 10.8. The first-order valence-electron chi connectivity index (χ1n) is 7.01. The van der Waals surface area contributed by atoms with Crippen LogP contribution in [0.2, 0.25) is 5.02 Å². The molecule has 0 aliphatic rings. The maximum atomic E-state index is 10.6. The molecule has 2 aromatic rings. The number of benzene rings is 1. The van der Waals surface area contributed by atoms with Gasteiger partial charge >= 0.3 is 5.97 Å². The van der Waals surface area contributed by atoms with Gasteiger partial charge in [0, 0.05) is 17.0 Å². The summed E-state index contributed by atoms with van der Waals surface area (Å²) in [6, 6.07) is 3.14. The Morgan fingerprint density at radius 1 is 1.46 bits per heavy atom. The summed E-state index contributed by atoms with van der Waals surface area (Å²) in [7, 11) is 0. The average Bonchev–Trinajstić information content (AvgIpc) is 2.94. The van der Waals surface area contributed by atoms with Crippen LogP contribution < -0.4 is 14.9 Å². The van der Waals surface area contributed by atoms with E-state index in [1.165, 1.54) is 23.6 Å². The fourth-order valence-electron chi connectivity index (χ4n) is 1.73. The Morgan fingerprint density at radius 3 is 2.83 bits per heavy atom. The molecule has 0 spiro atoms. The first-order valence-corrected chi connectivity index (χ1v) is 8.27. The number of aliphatic carboxylic acids is 1. The van der Waals surface area contributed by atoms with Crippen molar-refractivity contribution in [2.75, 3.05) is 18.6 Å². The Bertz CT molecular complexity index is 748. The number of ether oxygens (including phenoxy) is 2. The first-order chi connectivity index (χ1) is 11.5. The summed E-state index contributed by atoms with van der Waals surface area (Å²) in [4.78, 5) is 14.9. The standard InChI is InChI=1S/C15H16ClN3O4S/c1-3-22-12-4-10(6-17-19-15-18-9(2)8-24-15)11(16)5-13(12)23-7-14(20)21/h4-6,8H,3,7H2,1-2H3,(H,18,19)(H,20,21). The molecule has 1 aromatic carbocycles. The summed E-state index contributed by atoms with van der Waals surface area (Å²) in [5.74, 6) is -0.415. The van der Waals surface area contributed by atoms with Crippen molar-refractivity contribution in [2.45, 2.75) is 13.8 Å². The molecule has 0 bridgehead atoms. The van der Waals surface area contributed by atoms with Crippen LogP contribution in [0.25, 0.3) is 0 Å². The number of aromatic nitrogens is 1. The summed E-state index contributed by atoms with van der Waals surface area (Å²) < 4.78 is 10.7. The van der Waals surface area contributed by atoms with Gasteiger partial charge in [-0.05, 0) is 19.9 Å². The summed E-state index contributed by atoms with van der Waals surface area (Å²) in [6.45, 7) is 3.63. The Hall–Kier alpha value is -2.32. The quantitative estimate of drug-likeness (QED) is 0.547. The number of halogens is 1. The minimum Gasteiger partial charge on any atom is -0.490 e. The number of aryl methyl sites for hydroxylation is 1. The van der Waals surface area contributed by atoms with Gasteiger partial charge in [0.25, 0.3) is 0 Å². The van der Waals surface area contributed by atoms with E-state index < -0.39 is 12.6 Å². The largest absolute Gasteiger partial charge is 0.490 e. The van der Waals surface area contributed by atoms with Gasteiger partial charge in [-0.25, -0.2) is 9.78 Å². The van der Waals surface area contributed by atoms with E-state index in [4.69, 9.17) is 26.2 Å². The number of rotatable bonds is 8.